The Hall–Kier alpha value is -1.27. The molecule has 0 aliphatic heterocycles. The number of rotatable bonds is 2. The zero-order valence-corrected chi connectivity index (χ0v) is 12.8. The third kappa shape index (κ3) is 3.61. The average molecular weight is 353 g/mol. The molecule has 2 aromatic carbocycles. The fourth-order valence-electron chi connectivity index (χ4n) is 1.61. The fraction of sp³-hybridized carbons (Fsp3) is 0. The molecule has 0 atom stereocenters. The van der Waals surface area contributed by atoms with Gasteiger partial charge in [-0.1, -0.05) is 57.3 Å². The largest absolute Gasteiger partial charge is 0.192 e. The summed E-state index contributed by atoms with van der Waals surface area (Å²) in [5, 5.41) is 10.2. The fourth-order valence-corrected chi connectivity index (χ4v) is 2.32. The molecule has 0 aliphatic rings. The van der Waals surface area contributed by atoms with Crippen molar-refractivity contribution in [2.45, 2.75) is 0 Å². The van der Waals surface area contributed by atoms with Crippen LogP contribution in [0, 0.1) is 11.3 Å². The highest BCUT2D eigenvalue weighted by molar-refractivity contribution is 9.10. The molecule has 0 aromatic heterocycles. The highest BCUT2D eigenvalue weighted by Crippen LogP contribution is 2.27. The molecule has 0 heterocycles. The van der Waals surface area contributed by atoms with Crippen molar-refractivity contribution >= 4 is 50.8 Å². The Morgan fingerprint density at radius 3 is 2.53 bits per heavy atom. The molecule has 0 aliphatic carbocycles. The molecule has 0 bridgehead atoms. The van der Waals surface area contributed by atoms with E-state index < -0.39 is 0 Å². The minimum atomic E-state index is 0.439. The van der Waals surface area contributed by atoms with Crippen molar-refractivity contribution in [2.75, 3.05) is 0 Å². The van der Waals surface area contributed by atoms with Gasteiger partial charge in [0.1, 0.15) is 0 Å². The lowest BCUT2D eigenvalue weighted by molar-refractivity contribution is 1.52. The maximum Gasteiger partial charge on any atom is 0.0998 e. The maximum atomic E-state index is 9.26. The first kappa shape index (κ1) is 14.1. The van der Waals surface area contributed by atoms with Crippen LogP contribution in [0.2, 0.25) is 10.0 Å². The summed E-state index contributed by atoms with van der Waals surface area (Å²) in [7, 11) is 0. The summed E-state index contributed by atoms with van der Waals surface area (Å²) in [6.45, 7) is 0. The van der Waals surface area contributed by atoms with Gasteiger partial charge in [0.05, 0.1) is 21.7 Å². The van der Waals surface area contributed by atoms with Gasteiger partial charge in [0.15, 0.2) is 0 Å². The van der Waals surface area contributed by atoms with E-state index in [1.165, 1.54) is 0 Å². The number of hydrogen-bond acceptors (Lipinski definition) is 1. The normalized spacial score (nSPS) is 11.2. The Morgan fingerprint density at radius 1 is 1.11 bits per heavy atom. The van der Waals surface area contributed by atoms with Gasteiger partial charge < -0.3 is 0 Å². The first-order valence-electron chi connectivity index (χ1n) is 5.43. The summed E-state index contributed by atoms with van der Waals surface area (Å²) in [4.78, 5) is 0. The van der Waals surface area contributed by atoms with Crippen molar-refractivity contribution in [1.29, 1.82) is 5.26 Å². The van der Waals surface area contributed by atoms with E-state index in [0.29, 0.717) is 15.6 Å². The van der Waals surface area contributed by atoms with Crippen LogP contribution in [0.25, 0.3) is 11.6 Å². The van der Waals surface area contributed by atoms with Gasteiger partial charge in [-0.2, -0.15) is 5.26 Å². The molecular formula is C15H8BrCl2N. The second-order valence-corrected chi connectivity index (χ2v) is 5.58. The minimum absolute atomic E-state index is 0.439. The van der Waals surface area contributed by atoms with Crippen LogP contribution in [0.1, 0.15) is 11.1 Å². The Kier molecular flexibility index (Phi) is 4.66. The molecule has 0 spiro atoms. The van der Waals surface area contributed by atoms with E-state index in [9.17, 15) is 5.26 Å². The molecule has 0 saturated heterocycles. The van der Waals surface area contributed by atoms with Crippen LogP contribution in [0.5, 0.6) is 0 Å². The Balaban J connectivity index is 2.45. The Labute approximate surface area is 130 Å². The van der Waals surface area contributed by atoms with Crippen LogP contribution in [-0.2, 0) is 0 Å². The highest BCUT2D eigenvalue weighted by atomic mass is 79.9. The molecule has 0 saturated carbocycles. The van der Waals surface area contributed by atoms with Crippen LogP contribution in [0.3, 0.4) is 0 Å². The number of halogens is 3. The van der Waals surface area contributed by atoms with Gasteiger partial charge in [-0.3, -0.25) is 0 Å². The van der Waals surface area contributed by atoms with Gasteiger partial charge in [-0.05, 0) is 41.5 Å². The standard InChI is InChI=1S/C15H8BrCl2N/c16-13-3-1-2-10(7-13)6-12(9-19)11-4-5-14(17)15(18)8-11/h1-8H/b12-6-. The summed E-state index contributed by atoms with van der Waals surface area (Å²) >= 11 is 15.2. The van der Waals surface area contributed by atoms with Gasteiger partial charge in [-0.15, -0.1) is 0 Å². The molecule has 0 fully saturated rings. The quantitative estimate of drug-likeness (QED) is 0.493. The van der Waals surface area contributed by atoms with Crippen LogP contribution in [0.15, 0.2) is 46.9 Å². The summed E-state index contributed by atoms with van der Waals surface area (Å²) in [6, 6.07) is 15.1. The van der Waals surface area contributed by atoms with E-state index in [4.69, 9.17) is 23.2 Å². The number of nitriles is 1. The second kappa shape index (κ2) is 6.25. The predicted molar refractivity (Wildman–Crippen MR) is 84.1 cm³/mol. The van der Waals surface area contributed by atoms with Crippen LogP contribution in [0.4, 0.5) is 0 Å². The Bertz CT molecular complexity index is 687. The van der Waals surface area contributed by atoms with E-state index >= 15 is 0 Å². The molecular weight excluding hydrogens is 345 g/mol. The van der Waals surface area contributed by atoms with Crippen molar-refractivity contribution in [3.8, 4) is 6.07 Å². The van der Waals surface area contributed by atoms with Crippen molar-refractivity contribution in [3.05, 3.63) is 68.1 Å². The SMILES string of the molecule is N#C/C(=C/c1cccc(Br)c1)c1ccc(Cl)c(Cl)c1. The Morgan fingerprint density at radius 2 is 1.89 bits per heavy atom. The molecule has 1 nitrogen and oxygen atoms in total. The highest BCUT2D eigenvalue weighted by Gasteiger charge is 2.04. The first-order chi connectivity index (χ1) is 9.10. The monoisotopic (exact) mass is 351 g/mol. The molecule has 0 unspecified atom stereocenters. The predicted octanol–water partition coefficient (Wildman–Crippen LogP) is 5.82. The number of allylic oxidation sites excluding steroid dienone is 1. The van der Waals surface area contributed by atoms with Crippen molar-refractivity contribution in [1.82, 2.24) is 0 Å². The zero-order chi connectivity index (χ0) is 13.8. The molecule has 0 N–H and O–H groups in total. The molecule has 4 heteroatoms. The molecule has 94 valence electrons. The first-order valence-corrected chi connectivity index (χ1v) is 6.98. The summed E-state index contributed by atoms with van der Waals surface area (Å²) in [6.07, 6.45) is 1.81. The van der Waals surface area contributed by atoms with Gasteiger partial charge >= 0.3 is 0 Å². The molecule has 2 aromatic rings. The smallest absolute Gasteiger partial charge is 0.0998 e. The third-order valence-electron chi connectivity index (χ3n) is 2.51. The van der Waals surface area contributed by atoms with E-state index in [-0.39, 0.29) is 0 Å². The number of nitrogens with zero attached hydrogens (tertiary/aromatic N) is 1. The van der Waals surface area contributed by atoms with E-state index in [1.54, 1.807) is 18.2 Å². The lowest BCUT2D eigenvalue weighted by Gasteiger charge is -2.02. The van der Waals surface area contributed by atoms with Gasteiger partial charge in [0.25, 0.3) is 0 Å². The maximum absolute atomic E-state index is 9.26. The van der Waals surface area contributed by atoms with Crippen molar-refractivity contribution in [3.63, 3.8) is 0 Å². The lowest BCUT2D eigenvalue weighted by atomic mass is 10.0. The minimum Gasteiger partial charge on any atom is -0.192 e. The molecule has 0 amide bonds. The van der Waals surface area contributed by atoms with E-state index in [2.05, 4.69) is 22.0 Å². The third-order valence-corrected chi connectivity index (χ3v) is 3.74. The van der Waals surface area contributed by atoms with E-state index in [1.807, 2.05) is 30.3 Å². The topological polar surface area (TPSA) is 23.8 Å². The van der Waals surface area contributed by atoms with Crippen LogP contribution < -0.4 is 0 Å². The number of benzene rings is 2. The summed E-state index contributed by atoms with van der Waals surface area (Å²) in [5.41, 5.74) is 2.23. The summed E-state index contributed by atoms with van der Waals surface area (Å²) in [5.74, 6) is 0. The van der Waals surface area contributed by atoms with Crippen LogP contribution in [-0.4, -0.2) is 0 Å². The van der Waals surface area contributed by atoms with Gasteiger partial charge in [0, 0.05) is 4.47 Å². The average Bonchev–Trinajstić information content (AvgIpc) is 2.39. The van der Waals surface area contributed by atoms with Crippen LogP contribution >= 0.6 is 39.1 Å². The molecule has 2 rings (SSSR count). The second-order valence-electron chi connectivity index (χ2n) is 3.85. The molecule has 19 heavy (non-hydrogen) atoms. The zero-order valence-electron chi connectivity index (χ0n) is 9.70. The summed E-state index contributed by atoms with van der Waals surface area (Å²) < 4.78 is 0.965. The number of hydrogen-bond donors (Lipinski definition) is 0. The van der Waals surface area contributed by atoms with Gasteiger partial charge in [0.2, 0.25) is 0 Å². The lowest BCUT2D eigenvalue weighted by Crippen LogP contribution is -1.83. The molecule has 0 radical (unpaired) electrons. The van der Waals surface area contributed by atoms with Crippen molar-refractivity contribution < 1.29 is 0 Å². The van der Waals surface area contributed by atoms with Crippen molar-refractivity contribution in [2.24, 2.45) is 0 Å². The van der Waals surface area contributed by atoms with Gasteiger partial charge in [-0.25, -0.2) is 0 Å². The van der Waals surface area contributed by atoms with E-state index in [0.717, 1.165) is 15.6 Å².